The number of anilines is 2. The first-order chi connectivity index (χ1) is 13.9. The molecular formula is C18H12FN5O4S. The molecular weight excluding hydrogens is 401 g/mol. The van der Waals surface area contributed by atoms with Gasteiger partial charge in [0.15, 0.2) is 5.17 Å². The lowest BCUT2D eigenvalue weighted by atomic mass is 10.2. The highest BCUT2D eigenvalue weighted by molar-refractivity contribution is 8.19. The Morgan fingerprint density at radius 2 is 2.00 bits per heavy atom. The first kappa shape index (κ1) is 18.6. The second-order valence-electron chi connectivity index (χ2n) is 5.88. The van der Waals surface area contributed by atoms with Gasteiger partial charge in [0, 0.05) is 18.6 Å². The van der Waals surface area contributed by atoms with Crippen molar-refractivity contribution in [2.24, 2.45) is 0 Å². The Kier molecular flexibility index (Phi) is 4.72. The predicted molar refractivity (Wildman–Crippen MR) is 103 cm³/mol. The molecule has 2 N–H and O–H groups in total. The van der Waals surface area contributed by atoms with Crippen LogP contribution in [0.2, 0.25) is 0 Å². The molecule has 0 spiro atoms. The van der Waals surface area contributed by atoms with Gasteiger partial charge in [-0.3, -0.25) is 15.0 Å². The standard InChI is InChI=1S/C18H12FN5O4S/c1-9(25)21-15-16(23-28-22-15)24-17(26)14(29-18(24)20)8-12-6-7-13(27-12)10-2-4-11(19)5-3-10/h2-8,20H,1H3,(H,21,22,25)/b14-8-,20-18?. The summed E-state index contributed by atoms with van der Waals surface area (Å²) < 4.78 is 23.4. The molecule has 2 aromatic heterocycles. The van der Waals surface area contributed by atoms with Crippen LogP contribution in [-0.4, -0.2) is 27.3 Å². The fraction of sp³-hybridized carbons (Fsp3) is 0.0556. The molecule has 1 saturated heterocycles. The lowest BCUT2D eigenvalue weighted by molar-refractivity contribution is -0.114. The number of thioether (sulfide) groups is 1. The van der Waals surface area contributed by atoms with Crippen molar-refractivity contribution in [2.45, 2.75) is 6.92 Å². The van der Waals surface area contributed by atoms with Gasteiger partial charge in [0.2, 0.25) is 17.5 Å². The van der Waals surface area contributed by atoms with Gasteiger partial charge in [0.05, 0.1) is 4.91 Å². The van der Waals surface area contributed by atoms with E-state index in [9.17, 15) is 14.0 Å². The number of carbonyl (C=O) groups is 2. The number of rotatable bonds is 4. The maximum absolute atomic E-state index is 13.1. The molecule has 3 heterocycles. The van der Waals surface area contributed by atoms with Crippen molar-refractivity contribution >= 4 is 46.5 Å². The molecule has 146 valence electrons. The topological polar surface area (TPSA) is 125 Å². The van der Waals surface area contributed by atoms with Gasteiger partial charge >= 0.3 is 0 Å². The summed E-state index contributed by atoms with van der Waals surface area (Å²) in [4.78, 5) is 25.2. The molecule has 0 atom stereocenters. The van der Waals surface area contributed by atoms with E-state index in [2.05, 4.69) is 20.3 Å². The molecule has 0 saturated carbocycles. The minimum absolute atomic E-state index is 0.0611. The number of nitrogens with zero attached hydrogens (tertiary/aromatic N) is 3. The molecule has 1 aliphatic heterocycles. The highest BCUT2D eigenvalue weighted by Crippen LogP contribution is 2.37. The maximum Gasteiger partial charge on any atom is 0.272 e. The van der Waals surface area contributed by atoms with Crippen LogP contribution in [-0.2, 0) is 9.59 Å². The molecule has 0 bridgehead atoms. The van der Waals surface area contributed by atoms with Crippen LogP contribution in [0, 0.1) is 11.2 Å². The second-order valence-corrected chi connectivity index (χ2v) is 6.91. The normalized spacial score (nSPS) is 15.4. The number of carbonyl (C=O) groups excluding carboxylic acids is 2. The maximum atomic E-state index is 13.1. The van der Waals surface area contributed by atoms with Crippen LogP contribution in [0.5, 0.6) is 0 Å². The zero-order chi connectivity index (χ0) is 20.5. The number of benzene rings is 1. The van der Waals surface area contributed by atoms with E-state index in [-0.39, 0.29) is 27.5 Å². The van der Waals surface area contributed by atoms with Crippen LogP contribution in [0.25, 0.3) is 17.4 Å². The third-order valence-corrected chi connectivity index (χ3v) is 4.72. The molecule has 0 radical (unpaired) electrons. The van der Waals surface area contributed by atoms with Crippen molar-refractivity contribution in [2.75, 3.05) is 10.2 Å². The summed E-state index contributed by atoms with van der Waals surface area (Å²) in [5.74, 6) is -0.570. The molecule has 2 amide bonds. The Morgan fingerprint density at radius 1 is 1.24 bits per heavy atom. The number of hydrogen-bond acceptors (Lipinski definition) is 8. The van der Waals surface area contributed by atoms with Gasteiger partial charge in [-0.15, -0.1) is 0 Å². The Morgan fingerprint density at radius 3 is 2.72 bits per heavy atom. The van der Waals surface area contributed by atoms with Crippen molar-refractivity contribution in [1.82, 2.24) is 10.3 Å². The minimum atomic E-state index is -0.540. The van der Waals surface area contributed by atoms with Crippen molar-refractivity contribution in [3.05, 3.63) is 52.9 Å². The average molecular weight is 413 g/mol. The number of furan rings is 1. The number of aromatic nitrogens is 2. The van der Waals surface area contributed by atoms with Gasteiger partial charge < -0.3 is 9.73 Å². The summed E-state index contributed by atoms with van der Waals surface area (Å²) in [7, 11) is 0. The predicted octanol–water partition coefficient (Wildman–Crippen LogP) is 3.48. The lowest BCUT2D eigenvalue weighted by Crippen LogP contribution is -2.29. The third kappa shape index (κ3) is 3.67. The Bertz CT molecular complexity index is 1150. The molecule has 11 heteroatoms. The van der Waals surface area contributed by atoms with Crippen molar-refractivity contribution < 1.29 is 23.0 Å². The van der Waals surface area contributed by atoms with E-state index in [1.807, 2.05) is 0 Å². The second kappa shape index (κ2) is 7.36. The van der Waals surface area contributed by atoms with Crippen molar-refractivity contribution in [3.63, 3.8) is 0 Å². The van der Waals surface area contributed by atoms with E-state index in [0.717, 1.165) is 16.7 Å². The Balaban J connectivity index is 1.59. The van der Waals surface area contributed by atoms with Crippen molar-refractivity contribution in [3.8, 4) is 11.3 Å². The van der Waals surface area contributed by atoms with Gasteiger partial charge in [0.25, 0.3) is 5.91 Å². The fourth-order valence-electron chi connectivity index (χ4n) is 2.58. The van der Waals surface area contributed by atoms with Gasteiger partial charge in [0.1, 0.15) is 17.3 Å². The Hall–Kier alpha value is -3.73. The first-order valence-electron chi connectivity index (χ1n) is 8.21. The zero-order valence-corrected chi connectivity index (χ0v) is 15.6. The highest BCUT2D eigenvalue weighted by atomic mass is 32.2. The van der Waals surface area contributed by atoms with E-state index in [0.29, 0.717) is 17.1 Å². The molecule has 0 unspecified atom stereocenters. The lowest BCUT2D eigenvalue weighted by Gasteiger charge is -2.10. The van der Waals surface area contributed by atoms with Crippen LogP contribution >= 0.6 is 11.8 Å². The largest absolute Gasteiger partial charge is 0.457 e. The molecule has 1 fully saturated rings. The van der Waals surface area contributed by atoms with E-state index in [1.54, 1.807) is 24.3 Å². The molecule has 0 aliphatic carbocycles. The van der Waals surface area contributed by atoms with Crippen LogP contribution in [0.1, 0.15) is 12.7 Å². The summed E-state index contributed by atoms with van der Waals surface area (Å²) in [6.45, 7) is 1.27. The molecule has 1 aliphatic rings. The SMILES string of the molecule is CC(=O)Nc1nonc1N1C(=N)S/C(=C\c2ccc(-c3ccc(F)cc3)o2)C1=O. The summed E-state index contributed by atoms with van der Waals surface area (Å²) in [5, 5.41) is 17.5. The quantitative estimate of drug-likeness (QED) is 0.627. The van der Waals surface area contributed by atoms with Crippen LogP contribution in [0.4, 0.5) is 16.0 Å². The van der Waals surface area contributed by atoms with E-state index < -0.39 is 11.8 Å². The number of nitrogens with one attached hydrogen (secondary N) is 2. The molecule has 29 heavy (non-hydrogen) atoms. The van der Waals surface area contributed by atoms with Gasteiger partial charge in [-0.1, -0.05) is 0 Å². The molecule has 9 nitrogen and oxygen atoms in total. The van der Waals surface area contributed by atoms with Crippen LogP contribution in [0.3, 0.4) is 0 Å². The zero-order valence-electron chi connectivity index (χ0n) is 14.8. The van der Waals surface area contributed by atoms with E-state index in [1.165, 1.54) is 25.1 Å². The average Bonchev–Trinajstić information content (AvgIpc) is 3.37. The summed E-state index contributed by atoms with van der Waals surface area (Å²) >= 11 is 0.899. The van der Waals surface area contributed by atoms with Gasteiger partial charge in [-0.2, -0.15) is 0 Å². The summed E-state index contributed by atoms with van der Waals surface area (Å²) in [5.41, 5.74) is 0.685. The van der Waals surface area contributed by atoms with Gasteiger partial charge in [-0.25, -0.2) is 13.9 Å². The fourth-order valence-corrected chi connectivity index (χ4v) is 3.41. The minimum Gasteiger partial charge on any atom is -0.457 e. The number of amidine groups is 1. The number of hydrogen-bond donors (Lipinski definition) is 2. The Labute approximate surface area is 167 Å². The van der Waals surface area contributed by atoms with Gasteiger partial charge in [-0.05, 0) is 58.5 Å². The molecule has 4 rings (SSSR count). The first-order valence-corrected chi connectivity index (χ1v) is 9.02. The number of amides is 2. The van der Waals surface area contributed by atoms with Crippen molar-refractivity contribution in [1.29, 1.82) is 5.41 Å². The van der Waals surface area contributed by atoms with Crippen LogP contribution in [0.15, 0.2) is 50.3 Å². The summed E-state index contributed by atoms with van der Waals surface area (Å²) in [6, 6.07) is 9.17. The summed E-state index contributed by atoms with van der Waals surface area (Å²) in [6.07, 6.45) is 1.49. The van der Waals surface area contributed by atoms with Crippen LogP contribution < -0.4 is 10.2 Å². The van der Waals surface area contributed by atoms with E-state index in [4.69, 9.17) is 9.83 Å². The molecule has 1 aromatic carbocycles. The highest BCUT2D eigenvalue weighted by Gasteiger charge is 2.38. The third-order valence-electron chi connectivity index (χ3n) is 3.83. The number of halogens is 1. The smallest absolute Gasteiger partial charge is 0.272 e. The molecule has 3 aromatic rings. The van der Waals surface area contributed by atoms with E-state index >= 15 is 0 Å². The monoisotopic (exact) mass is 413 g/mol.